The van der Waals surface area contributed by atoms with Crippen molar-refractivity contribution >= 4 is 17.7 Å². The van der Waals surface area contributed by atoms with Gasteiger partial charge in [-0.2, -0.15) is 0 Å². The Morgan fingerprint density at radius 1 is 0.595 bits per heavy atom. The van der Waals surface area contributed by atoms with E-state index in [1.807, 2.05) is 0 Å². The van der Waals surface area contributed by atoms with Gasteiger partial charge in [0, 0.05) is 73.5 Å². The van der Waals surface area contributed by atoms with Crippen LogP contribution in [0.3, 0.4) is 0 Å². The van der Waals surface area contributed by atoms with Gasteiger partial charge in [-0.1, -0.05) is 17.2 Å². The zero-order valence-corrected chi connectivity index (χ0v) is 21.6. The van der Waals surface area contributed by atoms with Gasteiger partial charge in [0.25, 0.3) is 17.7 Å². The predicted molar refractivity (Wildman–Crippen MR) is 125 cm³/mol. The molecule has 0 aliphatic rings. The average molecular weight is 551 g/mol. The van der Waals surface area contributed by atoms with Crippen molar-refractivity contribution in [2.75, 3.05) is 19.6 Å². The minimum Gasteiger partial charge on any atom is -0.871 e. The number of nitrogens with one attached hydrogen (secondary N) is 3. The van der Waals surface area contributed by atoms with Crippen LogP contribution in [0.2, 0.25) is 0 Å². The molecule has 0 saturated carbocycles. The van der Waals surface area contributed by atoms with E-state index in [1.165, 1.54) is 36.8 Å². The Hall–Kier alpha value is -4.22. The number of hydrogen-bond donors (Lipinski definition) is 3. The Labute approximate surface area is 225 Å². The molecule has 3 rings (SSSR count). The number of carbonyl (C=O) groups is 3. The first-order valence-corrected chi connectivity index (χ1v) is 10.9. The smallest absolute Gasteiger partial charge is 0.871 e. The normalized spacial score (nSPS) is 9.16. The molecule has 0 aliphatic carbocycles. The minimum absolute atomic E-state index is 0. The Kier molecular flexibility index (Phi) is 16.0. The maximum absolute atomic E-state index is 11.1. The second kappa shape index (κ2) is 18.1. The fraction of sp³-hybridized carbons (Fsp3) is 0.250. The molecule has 37 heavy (non-hydrogen) atoms. The molecule has 0 atom stereocenters. The van der Waals surface area contributed by atoms with Crippen LogP contribution in [0.25, 0.3) is 0 Å². The second-order valence-electron chi connectivity index (χ2n) is 6.69. The van der Waals surface area contributed by atoms with Gasteiger partial charge in [-0.15, -0.1) is 0 Å². The van der Waals surface area contributed by atoms with Crippen molar-refractivity contribution in [1.82, 2.24) is 30.9 Å². The molecule has 0 saturated heterocycles. The van der Waals surface area contributed by atoms with Gasteiger partial charge in [-0.3, -0.25) is 29.3 Å². The van der Waals surface area contributed by atoms with E-state index >= 15 is 0 Å². The zero-order valence-electron chi connectivity index (χ0n) is 20.5. The first-order chi connectivity index (χ1) is 17.3. The molecule has 0 aliphatic heterocycles. The molecule has 13 heteroatoms. The first-order valence-electron chi connectivity index (χ1n) is 10.9. The fourth-order valence-electron chi connectivity index (χ4n) is 2.47. The number of aromatic nitrogens is 3. The van der Waals surface area contributed by atoms with E-state index < -0.39 is 0 Å². The number of nitrogens with zero attached hydrogens (tertiary/aromatic N) is 3. The Balaban J connectivity index is 0.000000518. The van der Waals surface area contributed by atoms with Crippen molar-refractivity contribution in [1.29, 1.82) is 0 Å². The maximum atomic E-state index is 11.1. The third kappa shape index (κ3) is 11.4. The maximum Gasteiger partial charge on any atom is 3.00 e. The standard InChI is InChI=1S/3C8H10N2O2.Fe/c3*1-2-10-8(12)6-3-4-9-5-7(6)11;/h3*3-5,11H,2H2,1H3,(H,10,12);/q;;;+3/p-3. The van der Waals surface area contributed by atoms with Gasteiger partial charge < -0.3 is 31.3 Å². The van der Waals surface area contributed by atoms with Crippen LogP contribution in [0.1, 0.15) is 51.8 Å². The van der Waals surface area contributed by atoms with Gasteiger partial charge in [-0.05, 0) is 39.0 Å². The molecule has 0 fully saturated rings. The SMILES string of the molecule is CCNC(=O)c1ccncc1[O-].CCNC(=O)c1ccncc1[O-].CCNC(=O)c1ccncc1[O-].[Fe+3]. The summed E-state index contributed by atoms with van der Waals surface area (Å²) in [4.78, 5) is 44.2. The third-order valence-corrected chi connectivity index (χ3v) is 4.10. The Morgan fingerprint density at radius 2 is 0.838 bits per heavy atom. The van der Waals surface area contributed by atoms with Crippen LogP contribution in [0, 0.1) is 0 Å². The minimum atomic E-state index is -0.344. The van der Waals surface area contributed by atoms with E-state index in [2.05, 4.69) is 30.9 Å². The molecule has 12 nitrogen and oxygen atoms in total. The molecular formula is C24H27FeN6O6. The fourth-order valence-corrected chi connectivity index (χ4v) is 2.47. The average Bonchev–Trinajstić information content (AvgIpc) is 2.86. The molecule has 0 bridgehead atoms. The molecule has 0 spiro atoms. The van der Waals surface area contributed by atoms with Gasteiger partial charge in [0.2, 0.25) is 0 Å². The Morgan fingerprint density at radius 3 is 1.03 bits per heavy atom. The van der Waals surface area contributed by atoms with Gasteiger partial charge in [0.15, 0.2) is 0 Å². The summed E-state index contributed by atoms with van der Waals surface area (Å²) >= 11 is 0. The number of pyridine rings is 3. The van der Waals surface area contributed by atoms with Gasteiger partial charge in [0.05, 0.1) is 0 Å². The molecule has 0 aromatic carbocycles. The summed E-state index contributed by atoms with van der Waals surface area (Å²) in [6, 6.07) is 4.23. The van der Waals surface area contributed by atoms with Crippen molar-refractivity contribution in [3.8, 4) is 17.2 Å². The van der Waals surface area contributed by atoms with Crippen LogP contribution in [0.15, 0.2) is 55.4 Å². The van der Waals surface area contributed by atoms with E-state index in [0.29, 0.717) is 19.6 Å². The molecule has 0 unspecified atom stereocenters. The third-order valence-electron chi connectivity index (χ3n) is 4.10. The molecule has 197 valence electrons. The monoisotopic (exact) mass is 551 g/mol. The number of rotatable bonds is 6. The topological polar surface area (TPSA) is 195 Å². The van der Waals surface area contributed by atoms with Crippen LogP contribution in [0.4, 0.5) is 0 Å². The van der Waals surface area contributed by atoms with E-state index in [0.717, 1.165) is 18.6 Å². The van der Waals surface area contributed by atoms with Crippen molar-refractivity contribution in [2.45, 2.75) is 20.8 Å². The largest absolute Gasteiger partial charge is 3.00 e. The second-order valence-corrected chi connectivity index (χ2v) is 6.69. The molecular weight excluding hydrogens is 524 g/mol. The molecule has 1 radical (unpaired) electrons. The molecule has 3 aromatic heterocycles. The van der Waals surface area contributed by atoms with Crippen molar-refractivity contribution < 1.29 is 46.8 Å². The van der Waals surface area contributed by atoms with E-state index in [-0.39, 0.29) is 68.7 Å². The number of hydrogen-bond acceptors (Lipinski definition) is 9. The number of carbonyl (C=O) groups excluding carboxylic acids is 3. The molecule has 3 heterocycles. The van der Waals surface area contributed by atoms with Crippen molar-refractivity contribution in [3.63, 3.8) is 0 Å². The van der Waals surface area contributed by atoms with E-state index in [4.69, 9.17) is 0 Å². The molecule has 3 N–H and O–H groups in total. The van der Waals surface area contributed by atoms with Crippen molar-refractivity contribution in [2.24, 2.45) is 0 Å². The van der Waals surface area contributed by atoms with Crippen LogP contribution >= 0.6 is 0 Å². The first kappa shape index (κ1) is 32.8. The van der Waals surface area contributed by atoms with Crippen molar-refractivity contribution in [3.05, 3.63) is 72.1 Å². The van der Waals surface area contributed by atoms with Crippen LogP contribution in [0.5, 0.6) is 17.2 Å². The molecule has 3 aromatic rings. The van der Waals surface area contributed by atoms with E-state index in [9.17, 15) is 29.7 Å². The van der Waals surface area contributed by atoms with Crippen LogP contribution in [-0.4, -0.2) is 52.3 Å². The van der Waals surface area contributed by atoms with Gasteiger partial charge >= 0.3 is 17.1 Å². The summed E-state index contributed by atoms with van der Waals surface area (Å²) in [5.74, 6) is -2.06. The van der Waals surface area contributed by atoms with Gasteiger partial charge in [0.1, 0.15) is 0 Å². The zero-order chi connectivity index (χ0) is 26.9. The van der Waals surface area contributed by atoms with Crippen LogP contribution < -0.4 is 31.3 Å². The van der Waals surface area contributed by atoms with Gasteiger partial charge in [-0.25, -0.2) is 0 Å². The number of amides is 3. The summed E-state index contributed by atoms with van der Waals surface area (Å²) < 4.78 is 0. The van der Waals surface area contributed by atoms with E-state index in [1.54, 1.807) is 20.8 Å². The Bertz CT molecular complexity index is 1010. The van der Waals surface area contributed by atoms with Crippen LogP contribution in [-0.2, 0) is 17.1 Å². The molecule has 3 amide bonds. The quantitative estimate of drug-likeness (QED) is 0.345. The summed E-state index contributed by atoms with van der Waals surface area (Å²) in [7, 11) is 0. The summed E-state index contributed by atoms with van der Waals surface area (Å²) in [5, 5.41) is 40.6. The predicted octanol–water partition coefficient (Wildman–Crippen LogP) is -0.288. The summed E-state index contributed by atoms with van der Waals surface area (Å²) in [6.45, 7) is 6.93. The summed E-state index contributed by atoms with van der Waals surface area (Å²) in [5.41, 5.74) is 0.436. The summed E-state index contributed by atoms with van der Waals surface area (Å²) in [6.07, 6.45) is 7.66.